The van der Waals surface area contributed by atoms with Gasteiger partial charge in [0.1, 0.15) is 0 Å². The molecule has 0 spiro atoms. The van der Waals surface area contributed by atoms with Crippen LogP contribution in [0.25, 0.3) is 0 Å². The van der Waals surface area contributed by atoms with Crippen molar-refractivity contribution in [2.24, 2.45) is 5.73 Å². The van der Waals surface area contributed by atoms with Gasteiger partial charge < -0.3 is 20.3 Å². The van der Waals surface area contributed by atoms with Gasteiger partial charge in [0.05, 0.1) is 6.10 Å². The number of aryl methyl sites for hydroxylation is 1. The third-order valence-electron chi connectivity index (χ3n) is 2.79. The van der Waals surface area contributed by atoms with E-state index in [0.29, 0.717) is 11.5 Å². The number of ether oxygens (including phenoxy) is 2. The molecule has 4 heteroatoms. The van der Waals surface area contributed by atoms with E-state index in [9.17, 15) is 5.11 Å². The number of benzene rings is 1. The average Bonchev–Trinajstić information content (AvgIpc) is 2.66. The average molecular weight is 209 g/mol. The van der Waals surface area contributed by atoms with Crippen molar-refractivity contribution in [3.8, 4) is 11.5 Å². The lowest BCUT2D eigenvalue weighted by Gasteiger charge is -2.16. The predicted molar refractivity (Wildman–Crippen MR) is 56.1 cm³/mol. The van der Waals surface area contributed by atoms with E-state index in [1.165, 1.54) is 0 Å². The third-order valence-corrected chi connectivity index (χ3v) is 2.79. The molecule has 2 rings (SSSR count). The van der Waals surface area contributed by atoms with Crippen molar-refractivity contribution in [2.75, 3.05) is 13.3 Å². The summed E-state index contributed by atoms with van der Waals surface area (Å²) < 4.78 is 10.6. The smallest absolute Gasteiger partial charge is 0.231 e. The number of hydrogen-bond donors (Lipinski definition) is 2. The fourth-order valence-electron chi connectivity index (χ4n) is 1.81. The molecule has 0 saturated carbocycles. The van der Waals surface area contributed by atoms with E-state index in [1.54, 1.807) is 0 Å². The molecule has 1 aliphatic heterocycles. The first-order chi connectivity index (χ1) is 7.15. The van der Waals surface area contributed by atoms with Crippen molar-refractivity contribution in [2.45, 2.75) is 20.0 Å². The SMILES string of the molecule is Cc1cc2c(c(C(O)CN)c1C)OCO2. The zero-order valence-electron chi connectivity index (χ0n) is 8.91. The molecule has 1 heterocycles. The summed E-state index contributed by atoms with van der Waals surface area (Å²) in [4.78, 5) is 0. The maximum Gasteiger partial charge on any atom is 0.231 e. The quantitative estimate of drug-likeness (QED) is 0.763. The minimum atomic E-state index is -0.694. The molecule has 0 saturated heterocycles. The van der Waals surface area contributed by atoms with Crippen LogP contribution >= 0.6 is 0 Å². The molecule has 0 radical (unpaired) electrons. The first-order valence-electron chi connectivity index (χ1n) is 4.93. The fraction of sp³-hybridized carbons (Fsp3) is 0.455. The lowest BCUT2D eigenvalue weighted by atomic mass is 9.97. The summed E-state index contributed by atoms with van der Waals surface area (Å²) in [6, 6.07) is 1.92. The first-order valence-corrected chi connectivity index (χ1v) is 4.93. The van der Waals surface area contributed by atoms with Crippen LogP contribution in [0, 0.1) is 13.8 Å². The molecule has 1 aromatic rings. The molecule has 0 fully saturated rings. The van der Waals surface area contributed by atoms with Gasteiger partial charge in [-0.05, 0) is 31.0 Å². The Labute approximate surface area is 88.6 Å². The topological polar surface area (TPSA) is 64.7 Å². The minimum absolute atomic E-state index is 0.181. The van der Waals surface area contributed by atoms with E-state index >= 15 is 0 Å². The van der Waals surface area contributed by atoms with Crippen molar-refractivity contribution in [3.63, 3.8) is 0 Å². The van der Waals surface area contributed by atoms with Crippen LogP contribution in [-0.2, 0) is 0 Å². The van der Waals surface area contributed by atoms with Crippen molar-refractivity contribution in [1.29, 1.82) is 0 Å². The molecule has 4 nitrogen and oxygen atoms in total. The van der Waals surface area contributed by atoms with Crippen LogP contribution < -0.4 is 15.2 Å². The van der Waals surface area contributed by atoms with Crippen LogP contribution in [0.15, 0.2) is 6.07 Å². The Morgan fingerprint density at radius 3 is 2.87 bits per heavy atom. The molecule has 1 unspecified atom stereocenters. The van der Waals surface area contributed by atoms with E-state index < -0.39 is 6.10 Å². The third kappa shape index (κ3) is 1.56. The zero-order chi connectivity index (χ0) is 11.0. The highest BCUT2D eigenvalue weighted by atomic mass is 16.7. The highest BCUT2D eigenvalue weighted by Crippen LogP contribution is 2.41. The summed E-state index contributed by atoms with van der Waals surface area (Å²) >= 11 is 0. The second-order valence-corrected chi connectivity index (χ2v) is 3.72. The van der Waals surface area contributed by atoms with Crippen LogP contribution in [0.2, 0.25) is 0 Å². The number of hydrogen-bond acceptors (Lipinski definition) is 4. The van der Waals surface area contributed by atoms with Gasteiger partial charge >= 0.3 is 0 Å². The second kappa shape index (κ2) is 3.72. The maximum absolute atomic E-state index is 9.84. The Bertz CT molecular complexity index is 390. The standard InChI is InChI=1S/C11H15NO3/c1-6-3-9-11(15-5-14-9)10(7(6)2)8(13)4-12/h3,8,13H,4-5,12H2,1-2H3. The van der Waals surface area contributed by atoms with Gasteiger partial charge in [-0.3, -0.25) is 0 Å². The van der Waals surface area contributed by atoms with Crippen molar-refractivity contribution >= 4 is 0 Å². The molecule has 0 bridgehead atoms. The van der Waals surface area contributed by atoms with Gasteiger partial charge in [0.25, 0.3) is 0 Å². The highest BCUT2D eigenvalue weighted by Gasteiger charge is 2.24. The Balaban J connectivity index is 2.60. The fourth-order valence-corrected chi connectivity index (χ4v) is 1.81. The van der Waals surface area contributed by atoms with E-state index in [1.807, 2.05) is 19.9 Å². The lowest BCUT2D eigenvalue weighted by molar-refractivity contribution is 0.160. The van der Waals surface area contributed by atoms with E-state index in [-0.39, 0.29) is 13.3 Å². The first kappa shape index (κ1) is 10.3. The van der Waals surface area contributed by atoms with Gasteiger partial charge in [-0.2, -0.15) is 0 Å². The van der Waals surface area contributed by atoms with Gasteiger partial charge in [0.15, 0.2) is 11.5 Å². The van der Waals surface area contributed by atoms with Gasteiger partial charge in [0.2, 0.25) is 6.79 Å². The van der Waals surface area contributed by atoms with Crippen LogP contribution in [0.1, 0.15) is 22.8 Å². The Morgan fingerprint density at radius 2 is 2.20 bits per heavy atom. The van der Waals surface area contributed by atoms with Gasteiger partial charge in [-0.15, -0.1) is 0 Å². The maximum atomic E-state index is 9.84. The second-order valence-electron chi connectivity index (χ2n) is 3.72. The number of rotatable bonds is 2. The molecule has 1 atom stereocenters. The minimum Gasteiger partial charge on any atom is -0.454 e. The number of aliphatic hydroxyl groups excluding tert-OH is 1. The number of aliphatic hydroxyl groups is 1. The largest absolute Gasteiger partial charge is 0.454 e. The molecule has 15 heavy (non-hydrogen) atoms. The predicted octanol–water partition coefficient (Wildman–Crippen LogP) is 1.02. The molecular formula is C11H15NO3. The van der Waals surface area contributed by atoms with Crippen LogP contribution in [0.5, 0.6) is 11.5 Å². The molecule has 0 aliphatic carbocycles. The van der Waals surface area contributed by atoms with Gasteiger partial charge in [0, 0.05) is 12.1 Å². The van der Waals surface area contributed by atoms with E-state index in [2.05, 4.69) is 0 Å². The van der Waals surface area contributed by atoms with Gasteiger partial charge in [-0.25, -0.2) is 0 Å². The van der Waals surface area contributed by atoms with E-state index in [4.69, 9.17) is 15.2 Å². The normalized spacial score (nSPS) is 15.5. The molecule has 0 amide bonds. The molecule has 1 aromatic carbocycles. The van der Waals surface area contributed by atoms with E-state index in [0.717, 1.165) is 16.7 Å². The summed E-state index contributed by atoms with van der Waals surface area (Å²) in [5, 5.41) is 9.84. The van der Waals surface area contributed by atoms with Crippen molar-refractivity contribution in [3.05, 3.63) is 22.8 Å². The summed E-state index contributed by atoms with van der Waals surface area (Å²) in [5.41, 5.74) is 8.31. The molecule has 82 valence electrons. The number of nitrogens with two attached hydrogens (primary N) is 1. The summed E-state index contributed by atoms with van der Waals surface area (Å²) in [6.07, 6.45) is -0.694. The molecular weight excluding hydrogens is 194 g/mol. The van der Waals surface area contributed by atoms with Crippen LogP contribution in [-0.4, -0.2) is 18.4 Å². The summed E-state index contributed by atoms with van der Waals surface area (Å²) in [5.74, 6) is 1.33. The zero-order valence-corrected chi connectivity index (χ0v) is 8.91. The van der Waals surface area contributed by atoms with Crippen molar-refractivity contribution in [1.82, 2.24) is 0 Å². The Morgan fingerprint density at radius 1 is 1.47 bits per heavy atom. The molecule has 1 aliphatic rings. The lowest BCUT2D eigenvalue weighted by Crippen LogP contribution is -2.14. The Hall–Kier alpha value is -1.26. The molecule has 0 aromatic heterocycles. The molecule has 3 N–H and O–H groups in total. The van der Waals surface area contributed by atoms with Crippen LogP contribution in [0.3, 0.4) is 0 Å². The summed E-state index contributed by atoms with van der Waals surface area (Å²) in [7, 11) is 0. The summed E-state index contributed by atoms with van der Waals surface area (Å²) in [6.45, 7) is 4.32. The number of fused-ring (bicyclic) bond motifs is 1. The Kier molecular flexibility index (Phi) is 2.54. The van der Waals surface area contributed by atoms with Crippen LogP contribution in [0.4, 0.5) is 0 Å². The monoisotopic (exact) mass is 209 g/mol. The van der Waals surface area contributed by atoms with Gasteiger partial charge in [-0.1, -0.05) is 0 Å². The highest BCUT2D eigenvalue weighted by molar-refractivity contribution is 5.55. The van der Waals surface area contributed by atoms with Crippen molar-refractivity contribution < 1.29 is 14.6 Å².